The SMILES string of the molecule is Cc1cccc(N(C)CCC2OCCCO2)c1. The molecule has 0 unspecified atom stereocenters. The van der Waals surface area contributed by atoms with Gasteiger partial charge in [0.25, 0.3) is 0 Å². The molecule has 0 N–H and O–H groups in total. The maximum Gasteiger partial charge on any atom is 0.159 e. The van der Waals surface area contributed by atoms with Gasteiger partial charge in [-0.15, -0.1) is 0 Å². The fraction of sp³-hybridized carbons (Fsp3) is 0.571. The highest BCUT2D eigenvalue weighted by atomic mass is 16.7. The number of ether oxygens (including phenoxy) is 2. The summed E-state index contributed by atoms with van der Waals surface area (Å²) in [4.78, 5) is 2.24. The van der Waals surface area contributed by atoms with Crippen molar-refractivity contribution in [2.75, 3.05) is 31.7 Å². The summed E-state index contributed by atoms with van der Waals surface area (Å²) in [5, 5.41) is 0. The van der Waals surface area contributed by atoms with Gasteiger partial charge in [-0.05, 0) is 31.0 Å². The second-order valence-corrected chi connectivity index (χ2v) is 4.57. The third-order valence-corrected chi connectivity index (χ3v) is 3.04. The van der Waals surface area contributed by atoms with Crippen molar-refractivity contribution in [3.63, 3.8) is 0 Å². The van der Waals surface area contributed by atoms with Gasteiger partial charge in [0, 0.05) is 25.7 Å². The molecular weight excluding hydrogens is 214 g/mol. The Morgan fingerprint density at radius 1 is 1.29 bits per heavy atom. The van der Waals surface area contributed by atoms with E-state index in [0.29, 0.717) is 0 Å². The molecule has 1 aromatic rings. The topological polar surface area (TPSA) is 21.7 Å². The van der Waals surface area contributed by atoms with Crippen LogP contribution < -0.4 is 4.90 Å². The fourth-order valence-corrected chi connectivity index (χ4v) is 2.00. The number of hydrogen-bond donors (Lipinski definition) is 0. The molecule has 94 valence electrons. The molecule has 1 heterocycles. The van der Waals surface area contributed by atoms with Gasteiger partial charge >= 0.3 is 0 Å². The lowest BCUT2D eigenvalue weighted by Crippen LogP contribution is -2.30. The zero-order valence-corrected chi connectivity index (χ0v) is 10.7. The van der Waals surface area contributed by atoms with Crippen LogP contribution in [0.25, 0.3) is 0 Å². The van der Waals surface area contributed by atoms with Crippen molar-refractivity contribution in [3.05, 3.63) is 29.8 Å². The molecule has 1 aliphatic heterocycles. The highest BCUT2D eigenvalue weighted by molar-refractivity contribution is 5.47. The van der Waals surface area contributed by atoms with Gasteiger partial charge in [-0.2, -0.15) is 0 Å². The minimum absolute atomic E-state index is 0.0176. The largest absolute Gasteiger partial charge is 0.374 e. The molecule has 1 aliphatic rings. The number of nitrogens with zero attached hydrogens (tertiary/aromatic N) is 1. The molecule has 0 aromatic heterocycles. The summed E-state index contributed by atoms with van der Waals surface area (Å²) in [6, 6.07) is 8.54. The predicted octanol–water partition coefficient (Wildman–Crippen LogP) is 2.58. The predicted molar refractivity (Wildman–Crippen MR) is 69.4 cm³/mol. The lowest BCUT2D eigenvalue weighted by molar-refractivity contribution is -0.179. The van der Waals surface area contributed by atoms with E-state index in [9.17, 15) is 0 Å². The van der Waals surface area contributed by atoms with E-state index in [1.165, 1.54) is 11.3 Å². The number of anilines is 1. The Kier molecular flexibility index (Phi) is 4.40. The van der Waals surface area contributed by atoms with E-state index in [4.69, 9.17) is 9.47 Å². The molecule has 2 rings (SSSR count). The maximum absolute atomic E-state index is 5.54. The molecule has 0 radical (unpaired) electrons. The standard InChI is InChI=1S/C14H21NO2/c1-12-5-3-6-13(11-12)15(2)8-7-14-16-9-4-10-17-14/h3,5-6,11,14H,4,7-10H2,1-2H3. The van der Waals surface area contributed by atoms with Crippen molar-refractivity contribution >= 4 is 5.69 Å². The van der Waals surface area contributed by atoms with E-state index in [0.717, 1.165) is 32.6 Å². The van der Waals surface area contributed by atoms with Gasteiger partial charge in [-0.3, -0.25) is 0 Å². The zero-order valence-electron chi connectivity index (χ0n) is 10.7. The Morgan fingerprint density at radius 2 is 2.06 bits per heavy atom. The van der Waals surface area contributed by atoms with Crippen LogP contribution in [0.2, 0.25) is 0 Å². The van der Waals surface area contributed by atoms with Crippen molar-refractivity contribution in [3.8, 4) is 0 Å². The van der Waals surface area contributed by atoms with Crippen molar-refractivity contribution in [1.29, 1.82) is 0 Å². The second kappa shape index (κ2) is 6.03. The molecule has 17 heavy (non-hydrogen) atoms. The van der Waals surface area contributed by atoms with Crippen LogP contribution in [0.3, 0.4) is 0 Å². The number of aryl methyl sites for hydroxylation is 1. The van der Waals surface area contributed by atoms with Crippen molar-refractivity contribution < 1.29 is 9.47 Å². The van der Waals surface area contributed by atoms with Crippen LogP contribution in [0.15, 0.2) is 24.3 Å². The molecule has 1 aromatic carbocycles. The minimum atomic E-state index is -0.0176. The van der Waals surface area contributed by atoms with Gasteiger partial charge < -0.3 is 14.4 Å². The average molecular weight is 235 g/mol. The Hall–Kier alpha value is -1.06. The summed E-state index contributed by atoms with van der Waals surface area (Å²) in [5.74, 6) is 0. The smallest absolute Gasteiger partial charge is 0.159 e. The first-order chi connectivity index (χ1) is 8.25. The summed E-state index contributed by atoms with van der Waals surface area (Å²) < 4.78 is 11.1. The van der Waals surface area contributed by atoms with Gasteiger partial charge in [0.2, 0.25) is 0 Å². The number of rotatable bonds is 4. The van der Waals surface area contributed by atoms with Crippen molar-refractivity contribution in [2.45, 2.75) is 26.1 Å². The number of benzene rings is 1. The van der Waals surface area contributed by atoms with Gasteiger partial charge in [-0.1, -0.05) is 12.1 Å². The molecule has 0 bridgehead atoms. The summed E-state index contributed by atoms with van der Waals surface area (Å²) in [7, 11) is 2.11. The van der Waals surface area contributed by atoms with Crippen molar-refractivity contribution in [1.82, 2.24) is 0 Å². The molecule has 1 fully saturated rings. The van der Waals surface area contributed by atoms with Crippen LogP contribution >= 0.6 is 0 Å². The van der Waals surface area contributed by atoms with Gasteiger partial charge in [-0.25, -0.2) is 0 Å². The molecule has 0 amide bonds. The molecular formula is C14H21NO2. The van der Waals surface area contributed by atoms with E-state index in [1.54, 1.807) is 0 Å². The Balaban J connectivity index is 1.82. The van der Waals surface area contributed by atoms with Crippen LogP contribution in [0.5, 0.6) is 0 Å². The maximum atomic E-state index is 5.54. The second-order valence-electron chi connectivity index (χ2n) is 4.57. The summed E-state index contributed by atoms with van der Waals surface area (Å²) >= 11 is 0. The van der Waals surface area contributed by atoms with Crippen LogP contribution in [-0.2, 0) is 9.47 Å². The van der Waals surface area contributed by atoms with Crippen LogP contribution in [-0.4, -0.2) is 33.1 Å². The summed E-state index contributed by atoms with van der Waals surface area (Å²) in [6.07, 6.45) is 1.92. The molecule has 3 heteroatoms. The fourth-order valence-electron chi connectivity index (χ4n) is 2.00. The Labute approximate surface area is 103 Å². The van der Waals surface area contributed by atoms with Gasteiger partial charge in [0.1, 0.15) is 0 Å². The lowest BCUT2D eigenvalue weighted by Gasteiger charge is -2.26. The summed E-state index contributed by atoms with van der Waals surface area (Å²) in [6.45, 7) is 4.73. The van der Waals surface area contributed by atoms with Gasteiger partial charge in [0.05, 0.1) is 13.2 Å². The summed E-state index contributed by atoms with van der Waals surface area (Å²) in [5.41, 5.74) is 2.54. The molecule has 0 aliphatic carbocycles. The quantitative estimate of drug-likeness (QED) is 0.800. The van der Waals surface area contributed by atoms with E-state index in [-0.39, 0.29) is 6.29 Å². The molecule has 3 nitrogen and oxygen atoms in total. The molecule has 1 saturated heterocycles. The third kappa shape index (κ3) is 3.72. The van der Waals surface area contributed by atoms with Crippen LogP contribution in [0.4, 0.5) is 5.69 Å². The van der Waals surface area contributed by atoms with Crippen molar-refractivity contribution in [2.24, 2.45) is 0 Å². The minimum Gasteiger partial charge on any atom is -0.374 e. The van der Waals surface area contributed by atoms with E-state index in [2.05, 4.69) is 43.1 Å². The van der Waals surface area contributed by atoms with Crippen LogP contribution in [0.1, 0.15) is 18.4 Å². The highest BCUT2D eigenvalue weighted by Crippen LogP contribution is 2.16. The first kappa shape index (κ1) is 12.4. The first-order valence-electron chi connectivity index (χ1n) is 6.27. The average Bonchev–Trinajstić information content (AvgIpc) is 2.37. The lowest BCUT2D eigenvalue weighted by atomic mass is 10.2. The van der Waals surface area contributed by atoms with E-state index in [1.807, 2.05) is 0 Å². The molecule has 0 saturated carbocycles. The van der Waals surface area contributed by atoms with E-state index >= 15 is 0 Å². The normalized spacial score (nSPS) is 17.1. The zero-order chi connectivity index (χ0) is 12.1. The molecule has 0 atom stereocenters. The highest BCUT2D eigenvalue weighted by Gasteiger charge is 2.14. The van der Waals surface area contributed by atoms with Crippen LogP contribution in [0, 0.1) is 6.92 Å². The number of hydrogen-bond acceptors (Lipinski definition) is 3. The third-order valence-electron chi connectivity index (χ3n) is 3.04. The first-order valence-corrected chi connectivity index (χ1v) is 6.27. The Bertz CT molecular complexity index is 348. The molecule has 0 spiro atoms. The van der Waals surface area contributed by atoms with E-state index < -0.39 is 0 Å². The Morgan fingerprint density at radius 3 is 2.76 bits per heavy atom. The monoisotopic (exact) mass is 235 g/mol. The van der Waals surface area contributed by atoms with Gasteiger partial charge in [0.15, 0.2) is 6.29 Å².